The van der Waals surface area contributed by atoms with E-state index in [0.29, 0.717) is 38.3 Å². The number of ether oxygens (including phenoxy) is 1. The summed E-state index contributed by atoms with van der Waals surface area (Å²) < 4.78 is 8.00. The fourth-order valence-electron chi connectivity index (χ4n) is 5.13. The Morgan fingerprint density at radius 3 is 2.67 bits per heavy atom. The number of fused-ring (bicyclic) bond motifs is 1. The molecule has 1 saturated heterocycles. The lowest BCUT2D eigenvalue weighted by Gasteiger charge is -2.26. The third-order valence-corrected chi connectivity index (χ3v) is 7.17. The number of hydrogen-bond donors (Lipinski definition) is 2. The first-order valence-electron chi connectivity index (χ1n) is 13.0. The molecular weight excluding hydrogens is 454 g/mol. The average Bonchev–Trinajstić information content (AvgIpc) is 3.50. The number of aryl methyl sites for hydroxylation is 1. The van der Waals surface area contributed by atoms with Gasteiger partial charge in [-0.05, 0) is 62.4 Å². The van der Waals surface area contributed by atoms with E-state index < -0.39 is 6.10 Å². The maximum Gasteiger partial charge on any atom is 0.260 e. The molecule has 2 heterocycles. The second-order valence-corrected chi connectivity index (χ2v) is 9.83. The SMILES string of the molecule is Cc1c(C)n(C[C@@H](O)CN(CCCO)Cc2cccc(OCC(=O)N3CCCC3)c2)c2ccccc12. The van der Waals surface area contributed by atoms with Gasteiger partial charge >= 0.3 is 0 Å². The molecule has 2 N–H and O–H groups in total. The summed E-state index contributed by atoms with van der Waals surface area (Å²) in [6.45, 7) is 8.34. The Bertz CT molecular complexity index is 1150. The van der Waals surface area contributed by atoms with Crippen LogP contribution in [-0.4, -0.2) is 76.0 Å². The van der Waals surface area contributed by atoms with Crippen molar-refractivity contribution in [3.63, 3.8) is 0 Å². The second kappa shape index (κ2) is 12.4. The molecule has 4 rings (SSSR count). The molecule has 194 valence electrons. The summed E-state index contributed by atoms with van der Waals surface area (Å²) in [5.41, 5.74) is 4.60. The first-order chi connectivity index (χ1) is 17.5. The van der Waals surface area contributed by atoms with Gasteiger partial charge in [0.15, 0.2) is 6.61 Å². The van der Waals surface area contributed by atoms with Gasteiger partial charge in [0, 0.05) is 55.9 Å². The number of likely N-dealkylation sites (tertiary alicyclic amines) is 1. The Morgan fingerprint density at radius 2 is 1.89 bits per heavy atom. The third kappa shape index (κ3) is 6.46. The van der Waals surface area contributed by atoms with E-state index in [4.69, 9.17) is 4.74 Å². The third-order valence-electron chi connectivity index (χ3n) is 7.17. The van der Waals surface area contributed by atoms with Crippen molar-refractivity contribution < 1.29 is 19.7 Å². The lowest BCUT2D eigenvalue weighted by atomic mass is 10.2. The van der Waals surface area contributed by atoms with Gasteiger partial charge in [-0.3, -0.25) is 9.69 Å². The number of aliphatic hydroxyl groups is 2. The van der Waals surface area contributed by atoms with Crippen LogP contribution >= 0.6 is 0 Å². The first kappa shape index (κ1) is 26.2. The summed E-state index contributed by atoms with van der Waals surface area (Å²) in [5.74, 6) is 0.710. The molecular formula is C29H39N3O4. The minimum atomic E-state index is -0.560. The lowest BCUT2D eigenvalue weighted by Crippen LogP contribution is -2.35. The summed E-state index contributed by atoms with van der Waals surface area (Å²) in [5, 5.41) is 21.7. The molecule has 2 aromatic carbocycles. The fourth-order valence-corrected chi connectivity index (χ4v) is 5.13. The van der Waals surface area contributed by atoms with Gasteiger partial charge in [-0.1, -0.05) is 30.3 Å². The number of rotatable bonds is 12. The van der Waals surface area contributed by atoms with Crippen molar-refractivity contribution in [3.8, 4) is 5.75 Å². The number of aromatic nitrogens is 1. The molecule has 0 aliphatic carbocycles. The molecule has 1 atom stereocenters. The second-order valence-electron chi connectivity index (χ2n) is 9.83. The number of benzene rings is 2. The molecule has 0 radical (unpaired) electrons. The molecule has 1 aliphatic rings. The average molecular weight is 494 g/mol. The zero-order valence-corrected chi connectivity index (χ0v) is 21.5. The highest BCUT2D eigenvalue weighted by molar-refractivity contribution is 5.85. The van der Waals surface area contributed by atoms with Gasteiger partial charge in [-0.2, -0.15) is 0 Å². The Morgan fingerprint density at radius 1 is 1.11 bits per heavy atom. The van der Waals surface area contributed by atoms with Crippen LogP contribution in [-0.2, 0) is 17.9 Å². The molecule has 0 saturated carbocycles. The van der Waals surface area contributed by atoms with E-state index in [0.717, 1.165) is 37.0 Å². The molecule has 7 nitrogen and oxygen atoms in total. The van der Waals surface area contributed by atoms with Crippen LogP contribution in [0.4, 0.5) is 0 Å². The Hall–Kier alpha value is -2.87. The molecule has 0 bridgehead atoms. The Kier molecular flexibility index (Phi) is 9.02. The molecule has 36 heavy (non-hydrogen) atoms. The van der Waals surface area contributed by atoms with Crippen LogP contribution in [0.5, 0.6) is 5.75 Å². The quantitative estimate of drug-likeness (QED) is 0.404. The number of nitrogens with zero attached hydrogens (tertiary/aromatic N) is 3. The van der Waals surface area contributed by atoms with Crippen LogP contribution in [0.3, 0.4) is 0 Å². The number of carbonyl (C=O) groups is 1. The lowest BCUT2D eigenvalue weighted by molar-refractivity contribution is -0.132. The predicted molar refractivity (Wildman–Crippen MR) is 142 cm³/mol. The Balaban J connectivity index is 1.39. The van der Waals surface area contributed by atoms with Crippen LogP contribution in [0.1, 0.15) is 36.1 Å². The molecule has 3 aromatic rings. The topological polar surface area (TPSA) is 78.2 Å². The number of carbonyl (C=O) groups excluding carboxylic acids is 1. The van der Waals surface area contributed by atoms with E-state index in [1.54, 1.807) is 0 Å². The number of aliphatic hydroxyl groups excluding tert-OH is 2. The molecule has 0 spiro atoms. The normalized spacial score (nSPS) is 14.6. The fraction of sp³-hybridized carbons (Fsp3) is 0.483. The molecule has 1 aromatic heterocycles. The van der Waals surface area contributed by atoms with Gasteiger partial charge in [0.25, 0.3) is 5.91 Å². The van der Waals surface area contributed by atoms with Crippen LogP contribution in [0.2, 0.25) is 0 Å². The molecule has 1 amide bonds. The smallest absolute Gasteiger partial charge is 0.260 e. The van der Waals surface area contributed by atoms with Gasteiger partial charge in [0.1, 0.15) is 5.75 Å². The zero-order valence-electron chi connectivity index (χ0n) is 21.5. The number of amides is 1. The van der Waals surface area contributed by atoms with Crippen molar-refractivity contribution >= 4 is 16.8 Å². The number of hydrogen-bond acceptors (Lipinski definition) is 5. The van der Waals surface area contributed by atoms with E-state index in [1.165, 1.54) is 16.6 Å². The van der Waals surface area contributed by atoms with E-state index in [9.17, 15) is 15.0 Å². The van der Waals surface area contributed by atoms with E-state index in [1.807, 2.05) is 41.3 Å². The summed E-state index contributed by atoms with van der Waals surface area (Å²) in [6.07, 6.45) is 2.21. The van der Waals surface area contributed by atoms with Crippen molar-refractivity contribution in [1.82, 2.24) is 14.4 Å². The molecule has 7 heteroatoms. The highest BCUT2D eigenvalue weighted by atomic mass is 16.5. The van der Waals surface area contributed by atoms with Crippen molar-refractivity contribution in [1.29, 1.82) is 0 Å². The first-order valence-corrected chi connectivity index (χ1v) is 13.0. The van der Waals surface area contributed by atoms with Crippen LogP contribution < -0.4 is 4.74 Å². The monoisotopic (exact) mass is 493 g/mol. The standard InChI is InChI=1S/C29H39N3O4/c1-22-23(2)32(28-12-4-3-11-27(22)28)20-25(34)19-30(13-8-16-33)18-24-9-7-10-26(17-24)36-21-29(35)31-14-5-6-15-31/h3-4,7,9-12,17,25,33-34H,5-6,8,13-16,18-21H2,1-2H3/t25-/m0/s1. The van der Waals surface area contributed by atoms with Crippen molar-refractivity contribution in [3.05, 3.63) is 65.4 Å². The summed E-state index contributed by atoms with van der Waals surface area (Å²) in [7, 11) is 0. The molecule has 0 unspecified atom stereocenters. The van der Waals surface area contributed by atoms with E-state index >= 15 is 0 Å². The van der Waals surface area contributed by atoms with Crippen LogP contribution in [0.25, 0.3) is 10.9 Å². The Labute approximate surface area is 213 Å². The molecule has 1 fully saturated rings. The van der Waals surface area contributed by atoms with E-state index in [-0.39, 0.29) is 19.1 Å². The van der Waals surface area contributed by atoms with Crippen molar-refractivity contribution in [2.75, 3.05) is 39.4 Å². The van der Waals surface area contributed by atoms with E-state index in [2.05, 4.69) is 35.4 Å². The maximum absolute atomic E-state index is 12.3. The van der Waals surface area contributed by atoms with Crippen molar-refractivity contribution in [2.45, 2.75) is 52.3 Å². The highest BCUT2D eigenvalue weighted by Crippen LogP contribution is 2.25. The van der Waals surface area contributed by atoms with Gasteiger partial charge < -0.3 is 24.4 Å². The minimum absolute atomic E-state index is 0.0358. The number of para-hydroxylation sites is 1. The van der Waals surface area contributed by atoms with Gasteiger partial charge in [0.05, 0.1) is 12.6 Å². The van der Waals surface area contributed by atoms with Gasteiger partial charge in [-0.25, -0.2) is 0 Å². The van der Waals surface area contributed by atoms with Crippen LogP contribution in [0.15, 0.2) is 48.5 Å². The zero-order chi connectivity index (χ0) is 25.5. The van der Waals surface area contributed by atoms with Gasteiger partial charge in [-0.15, -0.1) is 0 Å². The summed E-state index contributed by atoms with van der Waals surface area (Å²) in [4.78, 5) is 16.3. The predicted octanol–water partition coefficient (Wildman–Crippen LogP) is 3.50. The summed E-state index contributed by atoms with van der Waals surface area (Å²) in [6, 6.07) is 16.1. The van der Waals surface area contributed by atoms with Crippen LogP contribution in [0, 0.1) is 13.8 Å². The maximum atomic E-state index is 12.3. The largest absolute Gasteiger partial charge is 0.484 e. The summed E-state index contributed by atoms with van der Waals surface area (Å²) >= 11 is 0. The van der Waals surface area contributed by atoms with Gasteiger partial charge in [0.2, 0.25) is 0 Å². The van der Waals surface area contributed by atoms with Crippen molar-refractivity contribution in [2.24, 2.45) is 0 Å². The minimum Gasteiger partial charge on any atom is -0.484 e. The highest BCUT2D eigenvalue weighted by Gasteiger charge is 2.19. The molecule has 1 aliphatic heterocycles.